The van der Waals surface area contributed by atoms with Crippen molar-refractivity contribution in [2.45, 2.75) is 45.3 Å². The molecule has 0 aromatic rings. The van der Waals surface area contributed by atoms with Crippen LogP contribution < -0.4 is 5.32 Å². The van der Waals surface area contributed by atoms with Crippen LogP contribution in [0.3, 0.4) is 0 Å². The molecule has 1 N–H and O–H groups in total. The van der Waals surface area contributed by atoms with Crippen molar-refractivity contribution in [2.24, 2.45) is 10.9 Å². The molecule has 140 valence electrons. The Morgan fingerprint density at radius 2 is 1.96 bits per heavy atom. The van der Waals surface area contributed by atoms with E-state index in [9.17, 15) is 4.79 Å². The Kier molecular flexibility index (Phi) is 10.4. The lowest BCUT2D eigenvalue weighted by Crippen LogP contribution is -2.49. The van der Waals surface area contributed by atoms with Gasteiger partial charge in [-0.2, -0.15) is 11.8 Å². The van der Waals surface area contributed by atoms with Gasteiger partial charge in [-0.05, 0) is 25.7 Å². The Morgan fingerprint density at radius 3 is 2.58 bits per heavy atom. The third-order valence-electron chi connectivity index (χ3n) is 4.52. The number of thioether (sulfide) groups is 1. The predicted octanol–water partition coefficient (Wildman–Crippen LogP) is 2.66. The Bertz CT molecular complexity index is 413. The molecule has 5 nitrogen and oxygen atoms in total. The summed E-state index contributed by atoms with van der Waals surface area (Å²) in [4.78, 5) is 21.2. The van der Waals surface area contributed by atoms with Crippen LogP contribution in [0.1, 0.15) is 40.0 Å². The van der Waals surface area contributed by atoms with Gasteiger partial charge in [-0.15, -0.1) is 24.0 Å². The molecule has 2 rings (SSSR count). The fourth-order valence-corrected chi connectivity index (χ4v) is 4.38. The van der Waals surface area contributed by atoms with Gasteiger partial charge in [-0.3, -0.25) is 9.79 Å². The summed E-state index contributed by atoms with van der Waals surface area (Å²) in [6.07, 6.45) is 2.84. The fourth-order valence-electron chi connectivity index (χ4n) is 3.08. The lowest BCUT2D eigenvalue weighted by Gasteiger charge is -2.36. The van der Waals surface area contributed by atoms with Crippen LogP contribution >= 0.6 is 35.7 Å². The summed E-state index contributed by atoms with van der Waals surface area (Å²) in [5, 5.41) is 4.06. The molecule has 0 bridgehead atoms. The molecule has 0 aromatic carbocycles. The average Bonchev–Trinajstić information content (AvgIpc) is 3.08. The maximum atomic E-state index is 12.1. The summed E-state index contributed by atoms with van der Waals surface area (Å²) < 4.78 is 0. The number of guanidine groups is 1. The molecule has 7 heteroatoms. The monoisotopic (exact) mass is 468 g/mol. The van der Waals surface area contributed by atoms with Crippen molar-refractivity contribution in [1.82, 2.24) is 15.1 Å². The van der Waals surface area contributed by atoms with Gasteiger partial charge >= 0.3 is 0 Å². The van der Waals surface area contributed by atoms with E-state index in [1.54, 1.807) is 0 Å². The maximum absolute atomic E-state index is 12.1. The molecule has 2 saturated heterocycles. The Hall–Kier alpha value is -0.180. The van der Waals surface area contributed by atoms with Gasteiger partial charge in [0.15, 0.2) is 5.96 Å². The van der Waals surface area contributed by atoms with Gasteiger partial charge in [0.1, 0.15) is 0 Å². The molecule has 0 radical (unpaired) electrons. The number of amides is 1. The topological polar surface area (TPSA) is 47.9 Å². The van der Waals surface area contributed by atoms with E-state index in [-0.39, 0.29) is 29.9 Å². The quantitative estimate of drug-likeness (QED) is 0.383. The number of halogens is 1. The predicted molar refractivity (Wildman–Crippen MR) is 114 cm³/mol. The van der Waals surface area contributed by atoms with Crippen LogP contribution in [0.5, 0.6) is 0 Å². The van der Waals surface area contributed by atoms with Crippen LogP contribution in [0, 0.1) is 5.92 Å². The minimum Gasteiger partial charge on any atom is -0.357 e. The Balaban J connectivity index is 0.00000288. The van der Waals surface area contributed by atoms with E-state index in [0.29, 0.717) is 24.1 Å². The highest BCUT2D eigenvalue weighted by atomic mass is 127. The van der Waals surface area contributed by atoms with Gasteiger partial charge in [0.05, 0.1) is 6.54 Å². The van der Waals surface area contributed by atoms with Crippen molar-refractivity contribution < 1.29 is 4.79 Å². The van der Waals surface area contributed by atoms with Gasteiger partial charge in [-0.1, -0.05) is 13.8 Å². The van der Waals surface area contributed by atoms with Crippen LogP contribution in [0.25, 0.3) is 0 Å². The molecule has 0 aromatic heterocycles. The van der Waals surface area contributed by atoms with Crippen molar-refractivity contribution >= 4 is 47.6 Å². The minimum atomic E-state index is 0. The smallest absolute Gasteiger partial charge is 0.224 e. The summed E-state index contributed by atoms with van der Waals surface area (Å²) in [5.41, 5.74) is 0. The third-order valence-corrected chi connectivity index (χ3v) is 6.06. The minimum absolute atomic E-state index is 0. The molecule has 24 heavy (non-hydrogen) atoms. The zero-order valence-corrected chi connectivity index (χ0v) is 18.4. The number of hydrogen-bond donors (Lipinski definition) is 1. The SMILES string of the molecule is CCNC(=NCCC(=O)N1CCCC1)N1CCSC(C(C)C)C1.I. The lowest BCUT2D eigenvalue weighted by molar-refractivity contribution is -0.129. The maximum Gasteiger partial charge on any atom is 0.224 e. The molecular formula is C17H33IN4OS. The van der Waals surface area contributed by atoms with Gasteiger partial charge in [0.2, 0.25) is 5.91 Å². The second-order valence-corrected chi connectivity index (χ2v) is 8.02. The van der Waals surface area contributed by atoms with Gasteiger partial charge in [0, 0.05) is 50.1 Å². The molecule has 2 fully saturated rings. The summed E-state index contributed by atoms with van der Waals surface area (Å²) in [5.74, 6) is 3.08. The van der Waals surface area contributed by atoms with Crippen molar-refractivity contribution in [3.63, 3.8) is 0 Å². The molecule has 0 saturated carbocycles. The normalized spacial score (nSPS) is 21.8. The number of hydrogen-bond acceptors (Lipinski definition) is 3. The van der Waals surface area contributed by atoms with E-state index >= 15 is 0 Å². The van der Waals surface area contributed by atoms with E-state index in [1.807, 2.05) is 4.90 Å². The van der Waals surface area contributed by atoms with E-state index in [4.69, 9.17) is 4.99 Å². The lowest BCUT2D eigenvalue weighted by atomic mass is 10.1. The number of aliphatic imine (C=N–C) groups is 1. The van der Waals surface area contributed by atoms with Crippen LogP contribution in [0.4, 0.5) is 0 Å². The van der Waals surface area contributed by atoms with E-state index in [2.05, 4.69) is 42.7 Å². The van der Waals surface area contributed by atoms with Crippen molar-refractivity contribution in [1.29, 1.82) is 0 Å². The highest BCUT2D eigenvalue weighted by Gasteiger charge is 2.25. The number of nitrogens with zero attached hydrogens (tertiary/aromatic N) is 3. The highest BCUT2D eigenvalue weighted by Crippen LogP contribution is 2.24. The highest BCUT2D eigenvalue weighted by molar-refractivity contribution is 14.0. The largest absolute Gasteiger partial charge is 0.357 e. The first kappa shape index (κ1) is 21.9. The summed E-state index contributed by atoms with van der Waals surface area (Å²) in [6.45, 7) is 12.1. The zero-order chi connectivity index (χ0) is 16.7. The molecule has 1 amide bonds. The molecule has 2 heterocycles. The summed E-state index contributed by atoms with van der Waals surface area (Å²) in [7, 11) is 0. The second kappa shape index (κ2) is 11.4. The number of nitrogens with one attached hydrogen (secondary N) is 1. The van der Waals surface area contributed by atoms with Gasteiger partial charge in [-0.25, -0.2) is 0 Å². The summed E-state index contributed by atoms with van der Waals surface area (Å²) >= 11 is 2.07. The summed E-state index contributed by atoms with van der Waals surface area (Å²) in [6, 6.07) is 0. The molecule has 2 aliphatic rings. The molecule has 1 atom stereocenters. The molecule has 1 unspecified atom stereocenters. The van der Waals surface area contributed by atoms with Crippen LogP contribution in [0.2, 0.25) is 0 Å². The first-order valence-electron chi connectivity index (χ1n) is 9.04. The van der Waals surface area contributed by atoms with Crippen LogP contribution in [0.15, 0.2) is 4.99 Å². The Morgan fingerprint density at radius 1 is 1.25 bits per heavy atom. The number of likely N-dealkylation sites (tertiary alicyclic amines) is 1. The Labute approximate surface area is 168 Å². The van der Waals surface area contributed by atoms with E-state index in [0.717, 1.165) is 57.3 Å². The molecular weight excluding hydrogens is 435 g/mol. The van der Waals surface area contributed by atoms with Crippen molar-refractivity contribution in [3.05, 3.63) is 0 Å². The third kappa shape index (κ3) is 6.61. The first-order chi connectivity index (χ1) is 11.1. The van der Waals surface area contributed by atoms with Crippen LogP contribution in [-0.4, -0.2) is 71.9 Å². The fraction of sp³-hybridized carbons (Fsp3) is 0.882. The van der Waals surface area contributed by atoms with Crippen molar-refractivity contribution in [2.75, 3.05) is 45.0 Å². The standard InChI is InChI=1S/C17H32N4OS.HI/c1-4-18-17(21-11-12-23-15(13-21)14(2)3)19-8-7-16(22)20-9-5-6-10-20;/h14-15H,4-13H2,1-3H3,(H,18,19);1H. The molecule has 0 spiro atoms. The molecule has 2 aliphatic heterocycles. The van der Waals surface area contributed by atoms with E-state index in [1.165, 1.54) is 0 Å². The van der Waals surface area contributed by atoms with Crippen LogP contribution in [-0.2, 0) is 4.79 Å². The zero-order valence-electron chi connectivity index (χ0n) is 15.3. The van der Waals surface area contributed by atoms with Gasteiger partial charge in [0.25, 0.3) is 0 Å². The van der Waals surface area contributed by atoms with Gasteiger partial charge < -0.3 is 15.1 Å². The number of carbonyl (C=O) groups is 1. The number of carbonyl (C=O) groups excluding carboxylic acids is 1. The van der Waals surface area contributed by atoms with Crippen molar-refractivity contribution in [3.8, 4) is 0 Å². The second-order valence-electron chi connectivity index (χ2n) is 6.67. The first-order valence-corrected chi connectivity index (χ1v) is 10.1. The molecule has 0 aliphatic carbocycles. The van der Waals surface area contributed by atoms with E-state index < -0.39 is 0 Å². The average molecular weight is 468 g/mol. The number of rotatable bonds is 5.